The van der Waals surface area contributed by atoms with Gasteiger partial charge in [0.25, 0.3) is 29.3 Å². The molecule has 4 aromatic carbocycles. The summed E-state index contributed by atoms with van der Waals surface area (Å²) in [5.41, 5.74) is 2.66. The van der Waals surface area contributed by atoms with Crippen LogP contribution in [-0.2, 0) is 107 Å². The van der Waals surface area contributed by atoms with Gasteiger partial charge in [-0.05, 0) is 139 Å². The lowest BCUT2D eigenvalue weighted by Crippen LogP contribution is -2.55. The summed E-state index contributed by atoms with van der Waals surface area (Å²) in [5.74, 6) is -5.88. The minimum absolute atomic E-state index is 0.0297. The molecule has 10 atom stereocenters. The number of benzene rings is 4. The van der Waals surface area contributed by atoms with Crippen molar-refractivity contribution >= 4 is 100 Å². The van der Waals surface area contributed by atoms with Crippen molar-refractivity contribution in [2.24, 2.45) is 43.7 Å². The molecule has 0 bridgehead atoms. The van der Waals surface area contributed by atoms with E-state index >= 15 is 0 Å². The number of hydrogen-bond acceptors (Lipinski definition) is 30. The highest BCUT2D eigenvalue weighted by Gasteiger charge is 2.45. The van der Waals surface area contributed by atoms with Crippen molar-refractivity contribution in [1.29, 1.82) is 0 Å². The van der Waals surface area contributed by atoms with Gasteiger partial charge in [0.15, 0.2) is 17.2 Å². The first kappa shape index (κ1) is 111. The number of non-ortho nitro benzene ring substituents is 1. The molecule has 9 rings (SSSR count). The number of hydrogen-bond donors (Lipinski definition) is 6. The lowest BCUT2D eigenvalue weighted by molar-refractivity contribution is -0.396. The van der Waals surface area contributed by atoms with E-state index in [4.69, 9.17) is 33.2 Å². The van der Waals surface area contributed by atoms with Crippen molar-refractivity contribution in [1.82, 2.24) is 59.6 Å². The number of carbonyl (C=O) groups excluding carboxylic acids is 12. The van der Waals surface area contributed by atoms with Crippen molar-refractivity contribution in [2.75, 3.05) is 84.8 Å². The fourth-order valence-electron chi connectivity index (χ4n) is 16.6. The zero-order valence-electron chi connectivity index (χ0n) is 81.0. The Bertz CT molecular complexity index is 5280. The fraction of sp³-hybridized carbons (Fsp3) is 0.521. The molecule has 43 heteroatoms. The van der Waals surface area contributed by atoms with Crippen LogP contribution in [0.4, 0.5) is 38.5 Å². The van der Waals surface area contributed by atoms with Gasteiger partial charge in [-0.15, -0.1) is 0 Å². The zero-order chi connectivity index (χ0) is 102. The number of ether oxygens (including phenoxy) is 7. The Hall–Kier alpha value is -13.8. The van der Waals surface area contributed by atoms with Crippen molar-refractivity contribution in [3.63, 3.8) is 0 Å². The topological polar surface area (TPSA) is 531 Å². The minimum atomic E-state index is -1.06. The third-order valence-electron chi connectivity index (χ3n) is 24.6. The summed E-state index contributed by atoms with van der Waals surface area (Å²) in [4.78, 5) is 203. The number of rotatable bonds is 55. The number of nitro groups is 3. The molecule has 10 amide bonds. The van der Waals surface area contributed by atoms with Gasteiger partial charge in [0, 0.05) is 96.7 Å². The molecule has 0 radical (unpaired) electrons. The number of nitrogens with one attached hydrogen (secondary N) is 5. The predicted molar refractivity (Wildman–Crippen MR) is 506 cm³/mol. The van der Waals surface area contributed by atoms with E-state index in [9.17, 15) is 93.0 Å². The maximum absolute atomic E-state index is 14.9. The van der Waals surface area contributed by atoms with Crippen LogP contribution in [0.2, 0.25) is 0 Å². The van der Waals surface area contributed by atoms with Crippen LogP contribution in [0.5, 0.6) is 17.2 Å². The van der Waals surface area contributed by atoms with Crippen LogP contribution in [0, 0.1) is 59.9 Å². The van der Waals surface area contributed by atoms with Gasteiger partial charge in [0.05, 0.1) is 98.3 Å². The Morgan fingerprint density at radius 3 is 1.54 bits per heavy atom. The van der Waals surface area contributed by atoms with Crippen LogP contribution in [-0.4, -0.2) is 245 Å². The molecule has 6 aromatic rings. The molecule has 2 aromatic heterocycles. The van der Waals surface area contributed by atoms with E-state index in [1.807, 2.05) is 45.9 Å². The Morgan fingerprint density at radius 1 is 0.590 bits per heavy atom. The monoisotopic (exact) mass is 1940 g/mol. The second-order valence-electron chi connectivity index (χ2n) is 35.1. The Morgan fingerprint density at radius 2 is 1.09 bits per heavy atom. The highest BCUT2D eigenvalue weighted by atomic mass is 16.7. The number of anilines is 2. The lowest BCUT2D eigenvalue weighted by atomic mass is 9.83. The van der Waals surface area contributed by atoms with Crippen LogP contribution in [0.3, 0.4) is 0 Å². The van der Waals surface area contributed by atoms with Gasteiger partial charge in [-0.2, -0.15) is 0 Å². The largest absolute Gasteiger partial charge is 0.514 e. The van der Waals surface area contributed by atoms with Crippen molar-refractivity contribution in [3.8, 4) is 17.2 Å². The van der Waals surface area contributed by atoms with Gasteiger partial charge in [0.2, 0.25) is 29.5 Å². The number of amides is 10. The number of ketones is 1. The first-order chi connectivity index (χ1) is 66.3. The number of nitrogens with zero attached hydrogens (tertiary/aromatic N) is 12. The van der Waals surface area contributed by atoms with Crippen LogP contribution in [0.15, 0.2) is 128 Å². The number of Topliss-reactive ketones (excluding diaryl/α,β-unsaturated/α-hetero) is 1. The summed E-state index contributed by atoms with van der Waals surface area (Å²) in [6.07, 6.45) is 11.1. The number of likely N-dealkylation sites (tertiary alicyclic amines) is 1. The number of imidazole rings is 2. The van der Waals surface area contributed by atoms with Crippen molar-refractivity contribution in [2.45, 2.75) is 208 Å². The quantitative estimate of drug-likeness (QED) is 0.00516. The lowest BCUT2D eigenvalue weighted by Gasteiger charge is -2.41. The fourth-order valence-corrected chi connectivity index (χ4v) is 16.6. The summed E-state index contributed by atoms with van der Waals surface area (Å²) in [6.45, 7) is 16.1. The summed E-state index contributed by atoms with van der Waals surface area (Å²) in [5, 5.41) is 59.1. The maximum Gasteiger partial charge on any atom is 0.514 e. The Balaban J connectivity index is 0.000000405. The maximum atomic E-state index is 14.9. The number of unbranched alkanes of at least 4 members (excludes halogenated alkanes) is 6. The number of aliphatic hydroxyl groups is 1. The summed E-state index contributed by atoms with van der Waals surface area (Å²) in [6, 6.07) is 20.7. The highest BCUT2D eigenvalue weighted by Crippen LogP contribution is 2.35. The van der Waals surface area contributed by atoms with Gasteiger partial charge in [0.1, 0.15) is 56.1 Å². The standard InChI is InChI=1S/C65H96N10O15.C31H33N7O11/c1-14-42(6)59(53(87-12)35-57(80)73-32-22-25-50(73)61(88-13)43(7)62(82)68-44(8)60(81)46-23-18-17-19-24-46)71(10)63(83)48(40(2)3)34-51(76)58(41(4)5)72(11)65(84)90-38-45-26-27-52(89-39-47-36-67-64(70(47)9)75(85)86)49(33-45)69-54(77)37-66-30-20-15-16-21-31-74-55(78)28-29-56(74)79;1-35-23(17-33-30(35)38(45)46)20-47-26-11-6-21(19-48-31(42)49-24-9-7-22(8-10-24)37(43)44)16-25(26)34-27(39)18-32-14-4-2-3-5-15-36-28(40)12-13-29(36)41/h17-19,23-24,26-29,33,36,40-44,48,50,53,58-61,66,81H,14-16,20-22,25,30-32,34-35,37-39H2,1-13H3,(H,68,82)(H,69,77);6-13,16-17,32H,2-5,14-15,18-20H2,1H3,(H,34,39)/t42-,43+,44+,48-,50-,53+,58-,59-,60+,61+;/m0./s1. The molecule has 0 saturated carbocycles. The van der Waals surface area contributed by atoms with Gasteiger partial charge in [-0.3, -0.25) is 67.9 Å². The van der Waals surface area contributed by atoms with E-state index in [2.05, 4.69) is 36.6 Å². The van der Waals surface area contributed by atoms with Gasteiger partial charge < -0.3 is 99.8 Å². The summed E-state index contributed by atoms with van der Waals surface area (Å²) in [7, 11) is 9.12. The average molecular weight is 1940 g/mol. The smallest absolute Gasteiger partial charge is 0.484 e. The average Bonchev–Trinajstić information content (AvgIpc) is 1.75. The Labute approximate surface area is 806 Å². The van der Waals surface area contributed by atoms with Crippen molar-refractivity contribution < 1.29 is 111 Å². The van der Waals surface area contributed by atoms with Crippen LogP contribution >= 0.6 is 0 Å². The number of carbonyl (C=O) groups is 12. The van der Waals surface area contributed by atoms with Crippen LogP contribution in [0.1, 0.15) is 173 Å². The number of aromatic nitrogens is 4. The molecular formula is C96H129N17O26. The third-order valence-corrected chi connectivity index (χ3v) is 24.6. The van der Waals surface area contributed by atoms with Gasteiger partial charge >= 0.3 is 24.1 Å². The molecule has 754 valence electrons. The number of aliphatic hydroxyl groups excluding tert-OH is 1. The molecule has 5 heterocycles. The molecule has 0 spiro atoms. The predicted octanol–water partition coefficient (Wildman–Crippen LogP) is 10.4. The summed E-state index contributed by atoms with van der Waals surface area (Å²) < 4.78 is 42.6. The molecular weight excluding hydrogens is 1810 g/mol. The molecule has 0 unspecified atom stereocenters. The van der Waals surface area contributed by atoms with E-state index in [1.54, 1.807) is 80.9 Å². The molecule has 43 nitrogen and oxygen atoms in total. The summed E-state index contributed by atoms with van der Waals surface area (Å²) >= 11 is 0. The molecule has 1 fully saturated rings. The highest BCUT2D eigenvalue weighted by molar-refractivity contribution is 6.13. The van der Waals surface area contributed by atoms with Crippen LogP contribution in [0.25, 0.3) is 0 Å². The van der Waals surface area contributed by atoms with Crippen LogP contribution < -0.4 is 40.8 Å². The first-order valence-corrected chi connectivity index (χ1v) is 46.3. The number of methoxy groups -OCH3 is 2. The SMILES string of the molecule is CC[C@H](C)[C@@H]([C@@H](CC(=O)N1CCC[C@H]1[C@H](OC)[C@@H](C)C(=O)N[C@H](C)[C@@H](O)c1ccccc1)OC)N(C)C(=O)[C@@H](CC(=O)[C@H](C(C)C)N(C)C(=O)OCc1ccc(OCc2cnc([N+](=O)[O-])n2C)c(NC(=O)CNCCCCCCN2C(=O)C=CC2=O)c1)C(C)C.Cn1c(COc2ccc(COC(=O)Oc3ccc([N+](=O)[O-])cc3)cc2NC(=O)CNCCCCCCN2C(=O)C=CC2=O)cnc1[N+](=O)[O-]. The number of nitro benzene ring substituents is 1. The van der Waals surface area contributed by atoms with E-state index in [0.29, 0.717) is 92.9 Å². The minimum Gasteiger partial charge on any atom is -0.484 e. The second kappa shape index (κ2) is 54.4. The normalized spacial score (nSPS) is 15.4. The molecule has 139 heavy (non-hydrogen) atoms. The third kappa shape index (κ3) is 32.2. The second-order valence-corrected chi connectivity index (χ2v) is 35.1. The van der Waals surface area contributed by atoms with Crippen molar-refractivity contribution in [3.05, 3.63) is 186 Å². The van der Waals surface area contributed by atoms with Gasteiger partial charge in [-0.25, -0.2) is 18.7 Å². The first-order valence-electron chi connectivity index (χ1n) is 46.3. The molecule has 1 saturated heterocycles. The molecule has 6 N–H and O–H groups in total. The van der Waals surface area contributed by atoms with E-state index in [-0.39, 0.29) is 158 Å². The van der Waals surface area contributed by atoms with Gasteiger partial charge in [-0.1, -0.05) is 133 Å². The molecule has 0 aliphatic carbocycles. The van der Waals surface area contributed by atoms with E-state index < -0.39 is 99.1 Å². The molecule has 3 aliphatic rings. The van der Waals surface area contributed by atoms with E-state index in [0.717, 1.165) is 38.5 Å². The number of likely N-dealkylation sites (N-methyl/N-ethyl adjacent to an activating group) is 2. The molecule has 3 aliphatic heterocycles. The zero-order valence-corrected chi connectivity index (χ0v) is 81.0. The number of imide groups is 2. The van der Waals surface area contributed by atoms with E-state index in [1.165, 1.54) is 132 Å². The Kier molecular flexibility index (Phi) is 43.2.